The van der Waals surface area contributed by atoms with Crippen LogP contribution in [0.3, 0.4) is 0 Å². The number of nitriles is 1. The molecule has 5 aromatic carbocycles. The molecule has 0 atom stereocenters. The fraction of sp³-hybridized carbons (Fsp3) is 0.100. The van der Waals surface area contributed by atoms with Crippen molar-refractivity contribution in [2.75, 3.05) is 0 Å². The molecule has 0 spiro atoms. The molecular formula is C40H19F12N3. The molecule has 2 aromatic heterocycles. The van der Waals surface area contributed by atoms with E-state index in [0.717, 1.165) is 0 Å². The summed E-state index contributed by atoms with van der Waals surface area (Å²) in [7, 11) is 0. The summed E-state index contributed by atoms with van der Waals surface area (Å²) in [5.74, 6) is 0. The lowest BCUT2D eigenvalue weighted by Gasteiger charge is -2.17. The van der Waals surface area contributed by atoms with Gasteiger partial charge in [-0.25, -0.2) is 0 Å². The number of fused-ring (bicyclic) bond motifs is 3. The first kappa shape index (κ1) is 37.0. The van der Waals surface area contributed by atoms with E-state index >= 15 is 0 Å². The fourth-order valence-corrected chi connectivity index (χ4v) is 6.59. The van der Waals surface area contributed by atoms with E-state index in [4.69, 9.17) is 0 Å². The number of hydrogen-bond acceptors (Lipinski definition) is 2. The molecule has 0 fully saturated rings. The second-order valence-electron chi connectivity index (χ2n) is 12.4. The summed E-state index contributed by atoms with van der Waals surface area (Å²) in [6.45, 7) is 0. The number of halogens is 12. The minimum Gasteiger partial charge on any atom is -0.309 e. The highest BCUT2D eigenvalue weighted by molar-refractivity contribution is 6.11. The molecule has 3 nitrogen and oxygen atoms in total. The van der Waals surface area contributed by atoms with Crippen LogP contribution >= 0.6 is 0 Å². The Balaban J connectivity index is 1.53. The Morgan fingerprint density at radius 1 is 0.455 bits per heavy atom. The van der Waals surface area contributed by atoms with Crippen LogP contribution in [0.25, 0.3) is 60.9 Å². The number of aromatic nitrogens is 2. The molecule has 278 valence electrons. The van der Waals surface area contributed by atoms with Crippen molar-refractivity contribution in [2.24, 2.45) is 0 Å². The first-order valence-corrected chi connectivity index (χ1v) is 15.9. The van der Waals surface area contributed by atoms with Gasteiger partial charge >= 0.3 is 24.7 Å². The number of rotatable bonds is 4. The van der Waals surface area contributed by atoms with E-state index in [1.807, 2.05) is 0 Å². The Morgan fingerprint density at radius 3 is 1.33 bits per heavy atom. The molecule has 0 saturated carbocycles. The largest absolute Gasteiger partial charge is 0.417 e. The zero-order chi connectivity index (χ0) is 39.7. The smallest absolute Gasteiger partial charge is 0.309 e. The monoisotopic (exact) mass is 769 g/mol. The molecule has 0 saturated heterocycles. The van der Waals surface area contributed by atoms with Gasteiger partial charge < -0.3 is 4.57 Å². The zero-order valence-corrected chi connectivity index (χ0v) is 27.3. The summed E-state index contributed by atoms with van der Waals surface area (Å²) < 4.78 is 168. The number of hydrogen-bond donors (Lipinski definition) is 0. The predicted molar refractivity (Wildman–Crippen MR) is 180 cm³/mol. The van der Waals surface area contributed by atoms with Gasteiger partial charge in [-0.3, -0.25) is 4.98 Å². The Bertz CT molecular complexity index is 2530. The first-order valence-electron chi connectivity index (χ1n) is 15.9. The van der Waals surface area contributed by atoms with E-state index in [0.29, 0.717) is 46.2 Å². The van der Waals surface area contributed by atoms with Crippen LogP contribution in [0.5, 0.6) is 0 Å². The van der Waals surface area contributed by atoms with Gasteiger partial charge in [-0.1, -0.05) is 42.5 Å². The maximum Gasteiger partial charge on any atom is 0.417 e. The summed E-state index contributed by atoms with van der Waals surface area (Å²) >= 11 is 0. The minimum atomic E-state index is -5.21. The van der Waals surface area contributed by atoms with E-state index in [9.17, 15) is 57.9 Å². The third-order valence-corrected chi connectivity index (χ3v) is 9.07. The SMILES string of the molecule is N#Cc1cc(-n2c3cc(-c4ccc(C(F)(F)F)cc4C(F)(F)F)ccc3c3ccc(-c4ccc(C(F)(F)F)cc4C(F)(F)F)cc32)ccc1-c1ccncc1. The van der Waals surface area contributed by atoms with E-state index < -0.39 is 58.1 Å². The minimum absolute atomic E-state index is 0.000665. The molecule has 15 heteroatoms. The molecule has 0 N–H and O–H groups in total. The predicted octanol–water partition coefficient (Wildman–Crippen LogP) is 13.1. The van der Waals surface area contributed by atoms with Crippen LogP contribution in [0, 0.1) is 11.3 Å². The highest BCUT2D eigenvalue weighted by atomic mass is 19.4. The van der Waals surface area contributed by atoms with Crippen LogP contribution in [0.2, 0.25) is 0 Å². The van der Waals surface area contributed by atoms with Crippen LogP contribution in [-0.4, -0.2) is 9.55 Å². The maximum absolute atomic E-state index is 14.3. The lowest BCUT2D eigenvalue weighted by atomic mass is 9.95. The molecule has 0 bridgehead atoms. The Morgan fingerprint density at radius 2 is 0.909 bits per heavy atom. The van der Waals surface area contributed by atoms with E-state index in [2.05, 4.69) is 11.1 Å². The molecule has 0 aliphatic heterocycles. The number of nitrogens with zero attached hydrogens (tertiary/aromatic N) is 3. The normalized spacial score (nSPS) is 12.7. The summed E-state index contributed by atoms with van der Waals surface area (Å²) in [5, 5.41) is 10.8. The van der Waals surface area contributed by atoms with Crippen molar-refractivity contribution < 1.29 is 52.7 Å². The van der Waals surface area contributed by atoms with Crippen LogP contribution in [0.4, 0.5) is 52.7 Å². The molecule has 0 unspecified atom stereocenters. The molecule has 0 radical (unpaired) electrons. The van der Waals surface area contributed by atoms with Gasteiger partial charge in [0.15, 0.2) is 0 Å². The molecule has 0 amide bonds. The molecular weight excluding hydrogens is 750 g/mol. The molecule has 7 aromatic rings. The van der Waals surface area contributed by atoms with E-state index in [1.165, 1.54) is 59.4 Å². The summed E-state index contributed by atoms with van der Waals surface area (Å²) in [5.41, 5.74) is -5.96. The van der Waals surface area contributed by atoms with Gasteiger partial charge in [0.2, 0.25) is 0 Å². The third kappa shape index (κ3) is 6.84. The van der Waals surface area contributed by atoms with Crippen molar-refractivity contribution in [3.63, 3.8) is 0 Å². The van der Waals surface area contributed by atoms with Gasteiger partial charge in [0.1, 0.15) is 0 Å². The van der Waals surface area contributed by atoms with Gasteiger partial charge in [-0.05, 0) is 94.0 Å². The van der Waals surface area contributed by atoms with Crippen molar-refractivity contribution in [1.82, 2.24) is 9.55 Å². The summed E-state index contributed by atoms with van der Waals surface area (Å²) in [4.78, 5) is 3.96. The van der Waals surface area contributed by atoms with Crippen LogP contribution in [0.1, 0.15) is 27.8 Å². The number of alkyl halides is 12. The second kappa shape index (κ2) is 12.9. The van der Waals surface area contributed by atoms with Crippen molar-refractivity contribution in [3.8, 4) is 45.1 Å². The average Bonchev–Trinajstić information content (AvgIpc) is 3.45. The van der Waals surface area contributed by atoms with Crippen molar-refractivity contribution in [1.29, 1.82) is 5.26 Å². The Labute approximate surface area is 302 Å². The van der Waals surface area contributed by atoms with Crippen molar-refractivity contribution in [3.05, 3.63) is 143 Å². The quantitative estimate of drug-likeness (QED) is 0.167. The molecule has 55 heavy (non-hydrogen) atoms. The Kier molecular flexibility index (Phi) is 8.71. The second-order valence-corrected chi connectivity index (χ2v) is 12.4. The number of benzene rings is 5. The van der Waals surface area contributed by atoms with Gasteiger partial charge in [0.05, 0.1) is 44.9 Å². The van der Waals surface area contributed by atoms with Crippen molar-refractivity contribution in [2.45, 2.75) is 24.7 Å². The third-order valence-electron chi connectivity index (χ3n) is 9.07. The maximum atomic E-state index is 14.3. The lowest BCUT2D eigenvalue weighted by molar-refractivity contribution is -0.144. The zero-order valence-electron chi connectivity index (χ0n) is 27.3. The van der Waals surface area contributed by atoms with E-state index in [-0.39, 0.29) is 45.5 Å². The lowest BCUT2D eigenvalue weighted by Crippen LogP contribution is -2.12. The van der Waals surface area contributed by atoms with Crippen LogP contribution < -0.4 is 0 Å². The standard InChI is InChI=1S/C40H19F12N3/c41-37(42,43)25-3-8-29(33(18-25)39(47,48)49)22-1-6-31-32-7-2-23(30-9-4-26(38(44,45)46)19-34(30)40(50,51)52)17-36(32)55(35(31)16-22)27-5-10-28(24(15-27)20-53)21-11-13-54-14-12-21/h1-19H. The topological polar surface area (TPSA) is 41.6 Å². The van der Waals surface area contributed by atoms with Crippen LogP contribution in [0.15, 0.2) is 116 Å². The average molecular weight is 770 g/mol. The van der Waals surface area contributed by atoms with Crippen molar-refractivity contribution >= 4 is 21.8 Å². The van der Waals surface area contributed by atoms with Crippen LogP contribution in [-0.2, 0) is 24.7 Å². The highest BCUT2D eigenvalue weighted by Gasteiger charge is 2.40. The van der Waals surface area contributed by atoms with Gasteiger partial charge in [0, 0.05) is 28.9 Å². The van der Waals surface area contributed by atoms with E-state index in [1.54, 1.807) is 24.3 Å². The Hall–Kier alpha value is -6.30. The summed E-state index contributed by atoms with van der Waals surface area (Å²) in [6.07, 6.45) is -17.6. The number of pyridine rings is 1. The molecule has 0 aliphatic carbocycles. The highest BCUT2D eigenvalue weighted by Crippen LogP contribution is 2.45. The molecule has 7 rings (SSSR count). The molecule has 0 aliphatic rings. The summed E-state index contributed by atoms with van der Waals surface area (Å²) in [6, 6.07) is 20.2. The van der Waals surface area contributed by atoms with Gasteiger partial charge in [-0.2, -0.15) is 57.9 Å². The van der Waals surface area contributed by atoms with Gasteiger partial charge in [0.25, 0.3) is 0 Å². The van der Waals surface area contributed by atoms with Gasteiger partial charge in [-0.15, -0.1) is 0 Å². The first-order chi connectivity index (χ1) is 25.8. The molecule has 2 heterocycles. The fourth-order valence-electron chi connectivity index (χ4n) is 6.59.